The molecule has 0 saturated heterocycles. The summed E-state index contributed by atoms with van der Waals surface area (Å²) in [5.41, 5.74) is 0.937. The molecule has 1 rings (SSSR count). The molecule has 0 saturated carbocycles. The van der Waals surface area contributed by atoms with Crippen molar-refractivity contribution in [2.45, 2.75) is 19.9 Å². The first kappa shape index (κ1) is 13.7. The van der Waals surface area contributed by atoms with Gasteiger partial charge in [-0.3, -0.25) is 9.58 Å². The third kappa shape index (κ3) is 3.54. The quantitative estimate of drug-likeness (QED) is 0.719. The van der Waals surface area contributed by atoms with E-state index in [1.54, 1.807) is 11.7 Å². The Morgan fingerprint density at radius 2 is 2.29 bits per heavy atom. The number of carbonyl (C=O) groups is 1. The number of carboxylic acid groups (broad SMARTS) is 1. The summed E-state index contributed by atoms with van der Waals surface area (Å²) in [5, 5.41) is 21.8. The Bertz CT molecular complexity index is 376. The largest absolute Gasteiger partial charge is 0.478 e. The first-order valence-corrected chi connectivity index (χ1v) is 5.67. The molecule has 0 aromatic carbocycles. The Labute approximate surface area is 100 Å². The highest BCUT2D eigenvalue weighted by Gasteiger charge is 2.16. The molecule has 6 nitrogen and oxygen atoms in total. The van der Waals surface area contributed by atoms with Gasteiger partial charge in [-0.1, -0.05) is 6.92 Å². The van der Waals surface area contributed by atoms with Crippen molar-refractivity contribution < 1.29 is 15.0 Å². The van der Waals surface area contributed by atoms with Gasteiger partial charge in [-0.25, -0.2) is 4.79 Å². The maximum absolute atomic E-state index is 11.0. The summed E-state index contributed by atoms with van der Waals surface area (Å²) in [4.78, 5) is 13.1. The summed E-state index contributed by atoms with van der Waals surface area (Å²) < 4.78 is 1.59. The van der Waals surface area contributed by atoms with Crippen LogP contribution >= 0.6 is 0 Å². The van der Waals surface area contributed by atoms with Gasteiger partial charge in [0.15, 0.2) is 0 Å². The predicted molar refractivity (Wildman–Crippen MR) is 62.8 cm³/mol. The topological polar surface area (TPSA) is 78.6 Å². The average Bonchev–Trinajstić information content (AvgIpc) is 2.66. The van der Waals surface area contributed by atoms with Crippen LogP contribution in [-0.2, 0) is 13.6 Å². The number of aliphatic hydroxyl groups excluding tert-OH is 1. The molecule has 0 fully saturated rings. The molecule has 0 aliphatic carbocycles. The Morgan fingerprint density at radius 3 is 2.82 bits per heavy atom. The molecule has 0 spiro atoms. The lowest BCUT2D eigenvalue weighted by Gasteiger charge is -2.20. The van der Waals surface area contributed by atoms with Crippen molar-refractivity contribution in [3.05, 3.63) is 17.5 Å². The third-order valence-electron chi connectivity index (χ3n) is 2.75. The highest BCUT2D eigenvalue weighted by molar-refractivity contribution is 5.88. The van der Waals surface area contributed by atoms with Crippen LogP contribution in [0.15, 0.2) is 6.20 Å². The van der Waals surface area contributed by atoms with Gasteiger partial charge in [0.1, 0.15) is 5.56 Å². The number of nitrogens with zero attached hydrogens (tertiary/aromatic N) is 3. The first-order chi connectivity index (χ1) is 8.10. The summed E-state index contributed by atoms with van der Waals surface area (Å²) in [5.74, 6) is -0.952. The molecule has 1 aromatic rings. The highest BCUT2D eigenvalue weighted by atomic mass is 16.4. The summed E-state index contributed by atoms with van der Waals surface area (Å²) in [6, 6.07) is 0. The molecule has 0 unspecified atom stereocenters. The minimum atomic E-state index is -0.952. The molecule has 0 amide bonds. The Kier molecular flexibility index (Phi) is 5.11. The van der Waals surface area contributed by atoms with Crippen LogP contribution in [0.25, 0.3) is 0 Å². The molecule has 1 heterocycles. The fraction of sp³-hybridized carbons (Fsp3) is 0.636. The fourth-order valence-corrected chi connectivity index (χ4v) is 1.68. The van der Waals surface area contributed by atoms with E-state index in [2.05, 4.69) is 10.00 Å². The average molecular weight is 241 g/mol. The van der Waals surface area contributed by atoms with Crippen LogP contribution < -0.4 is 0 Å². The Morgan fingerprint density at radius 1 is 1.59 bits per heavy atom. The number of hydrogen-bond donors (Lipinski definition) is 2. The summed E-state index contributed by atoms with van der Waals surface area (Å²) in [6.45, 7) is 4.25. The number of aromatic nitrogens is 2. The van der Waals surface area contributed by atoms with Crippen LogP contribution in [0.2, 0.25) is 0 Å². The van der Waals surface area contributed by atoms with Gasteiger partial charge < -0.3 is 10.2 Å². The second kappa shape index (κ2) is 6.36. The van der Waals surface area contributed by atoms with Crippen LogP contribution in [0.5, 0.6) is 0 Å². The molecule has 6 heteroatoms. The zero-order valence-electron chi connectivity index (χ0n) is 10.3. The number of hydrogen-bond acceptors (Lipinski definition) is 4. The molecule has 0 bridgehead atoms. The van der Waals surface area contributed by atoms with Gasteiger partial charge in [0.2, 0.25) is 0 Å². The van der Waals surface area contributed by atoms with Crippen molar-refractivity contribution in [2.24, 2.45) is 7.05 Å². The zero-order chi connectivity index (χ0) is 12.8. The van der Waals surface area contributed by atoms with Crippen molar-refractivity contribution in [1.82, 2.24) is 14.7 Å². The van der Waals surface area contributed by atoms with Gasteiger partial charge in [-0.15, -0.1) is 0 Å². The van der Waals surface area contributed by atoms with E-state index < -0.39 is 5.97 Å². The minimum Gasteiger partial charge on any atom is -0.478 e. The van der Waals surface area contributed by atoms with Crippen molar-refractivity contribution >= 4 is 5.97 Å². The second-order valence-electron chi connectivity index (χ2n) is 3.88. The van der Waals surface area contributed by atoms with Gasteiger partial charge >= 0.3 is 5.97 Å². The van der Waals surface area contributed by atoms with E-state index in [9.17, 15) is 4.79 Å². The van der Waals surface area contributed by atoms with Gasteiger partial charge in [-0.05, 0) is 13.0 Å². The molecule has 2 N–H and O–H groups in total. The van der Waals surface area contributed by atoms with Crippen LogP contribution in [0.4, 0.5) is 0 Å². The Hall–Kier alpha value is -1.40. The zero-order valence-corrected chi connectivity index (χ0v) is 10.3. The number of rotatable bonds is 7. The van der Waals surface area contributed by atoms with Crippen molar-refractivity contribution in [3.8, 4) is 0 Å². The van der Waals surface area contributed by atoms with E-state index in [1.807, 2.05) is 6.92 Å². The van der Waals surface area contributed by atoms with E-state index in [4.69, 9.17) is 10.2 Å². The smallest absolute Gasteiger partial charge is 0.339 e. The van der Waals surface area contributed by atoms with Gasteiger partial charge in [0.25, 0.3) is 0 Å². The third-order valence-corrected chi connectivity index (χ3v) is 2.75. The molecule has 0 atom stereocenters. The second-order valence-corrected chi connectivity index (χ2v) is 3.88. The fourth-order valence-electron chi connectivity index (χ4n) is 1.68. The molecular weight excluding hydrogens is 222 g/mol. The standard InChI is InChI=1S/C11H19N3O3/c1-3-14(5-4-6-15)8-10-9(11(16)17)7-12-13(10)2/h7,15H,3-6,8H2,1-2H3,(H,16,17). The molecule has 0 aliphatic heterocycles. The van der Waals surface area contributed by atoms with Crippen LogP contribution in [-0.4, -0.2) is 50.6 Å². The van der Waals surface area contributed by atoms with Gasteiger partial charge in [-0.2, -0.15) is 5.10 Å². The van der Waals surface area contributed by atoms with E-state index in [0.29, 0.717) is 18.7 Å². The van der Waals surface area contributed by atoms with Crippen molar-refractivity contribution in [3.63, 3.8) is 0 Å². The van der Waals surface area contributed by atoms with E-state index in [-0.39, 0.29) is 12.2 Å². The normalized spacial score (nSPS) is 11.1. The molecule has 96 valence electrons. The highest BCUT2D eigenvalue weighted by Crippen LogP contribution is 2.11. The maximum Gasteiger partial charge on any atom is 0.339 e. The monoisotopic (exact) mass is 241 g/mol. The maximum atomic E-state index is 11.0. The van der Waals surface area contributed by atoms with E-state index in [1.165, 1.54) is 6.20 Å². The molecule has 0 radical (unpaired) electrons. The van der Waals surface area contributed by atoms with Crippen LogP contribution in [0.1, 0.15) is 29.4 Å². The SMILES string of the molecule is CCN(CCCO)Cc1c(C(=O)O)cnn1C. The van der Waals surface area contributed by atoms with Crippen LogP contribution in [0.3, 0.4) is 0 Å². The van der Waals surface area contributed by atoms with Gasteiger partial charge in [0, 0.05) is 26.7 Å². The number of aromatic carboxylic acids is 1. The summed E-state index contributed by atoms with van der Waals surface area (Å²) >= 11 is 0. The molecule has 0 aliphatic rings. The number of aliphatic hydroxyl groups is 1. The minimum absolute atomic E-state index is 0.147. The van der Waals surface area contributed by atoms with E-state index >= 15 is 0 Å². The van der Waals surface area contributed by atoms with Crippen molar-refractivity contribution in [2.75, 3.05) is 19.7 Å². The molecular formula is C11H19N3O3. The van der Waals surface area contributed by atoms with Crippen LogP contribution in [0, 0.1) is 0 Å². The number of aryl methyl sites for hydroxylation is 1. The van der Waals surface area contributed by atoms with Crippen molar-refractivity contribution in [1.29, 1.82) is 0 Å². The molecule has 1 aromatic heterocycles. The predicted octanol–water partition coefficient (Wildman–Crippen LogP) is 0.323. The summed E-state index contributed by atoms with van der Waals surface area (Å²) in [7, 11) is 1.74. The van der Waals surface area contributed by atoms with Gasteiger partial charge in [0.05, 0.1) is 11.9 Å². The lowest BCUT2D eigenvalue weighted by atomic mass is 10.2. The lowest BCUT2D eigenvalue weighted by Crippen LogP contribution is -2.26. The summed E-state index contributed by atoms with van der Waals surface area (Å²) in [6.07, 6.45) is 2.06. The number of carboxylic acids is 1. The van der Waals surface area contributed by atoms with E-state index in [0.717, 1.165) is 13.1 Å². The lowest BCUT2D eigenvalue weighted by molar-refractivity contribution is 0.0694. The molecule has 17 heavy (non-hydrogen) atoms. The first-order valence-electron chi connectivity index (χ1n) is 5.67. The Balaban J connectivity index is 2.77.